The first-order chi connectivity index (χ1) is 13.1. The van der Waals surface area contributed by atoms with Gasteiger partial charge in [0.1, 0.15) is 5.75 Å². The van der Waals surface area contributed by atoms with Crippen LogP contribution in [-0.4, -0.2) is 36.3 Å². The van der Waals surface area contributed by atoms with Crippen LogP contribution in [0.3, 0.4) is 0 Å². The molecule has 8 nitrogen and oxygen atoms in total. The van der Waals surface area contributed by atoms with Crippen LogP contribution in [0, 0.1) is 11.8 Å². The summed E-state index contributed by atoms with van der Waals surface area (Å²) in [6.45, 7) is 0. The van der Waals surface area contributed by atoms with Crippen LogP contribution in [0.15, 0.2) is 48.7 Å². The molecule has 4 rings (SSSR count). The van der Waals surface area contributed by atoms with E-state index in [1.807, 2.05) is 37.5 Å². The number of fused-ring (bicyclic) bond motifs is 1. The summed E-state index contributed by atoms with van der Waals surface area (Å²) >= 11 is 0. The van der Waals surface area contributed by atoms with E-state index in [1.165, 1.54) is 0 Å². The smallest absolute Gasteiger partial charge is 0.362 e. The molecule has 27 heavy (non-hydrogen) atoms. The third-order valence-electron chi connectivity index (χ3n) is 3.87. The number of hydrogen-bond acceptors (Lipinski definition) is 5. The van der Waals surface area contributed by atoms with E-state index in [2.05, 4.69) is 32.4 Å². The van der Waals surface area contributed by atoms with Crippen LogP contribution in [0.25, 0.3) is 10.9 Å². The molecule has 4 aromatic rings. The summed E-state index contributed by atoms with van der Waals surface area (Å²) in [4.78, 5) is 11.1. The molecule has 2 N–H and O–H groups in total. The van der Waals surface area contributed by atoms with Crippen molar-refractivity contribution in [3.8, 4) is 23.5 Å². The molecular weight excluding hydrogens is 346 g/mol. The molecule has 0 amide bonds. The molecule has 0 atom stereocenters. The monoisotopic (exact) mass is 359 g/mol. The van der Waals surface area contributed by atoms with Crippen LogP contribution in [-0.2, 0) is 7.05 Å². The minimum absolute atomic E-state index is 0.0331. The Bertz CT molecular complexity index is 1210. The van der Waals surface area contributed by atoms with Crippen molar-refractivity contribution in [2.24, 2.45) is 7.05 Å². The molecule has 2 aromatic heterocycles. The summed E-state index contributed by atoms with van der Waals surface area (Å²) in [6.07, 6.45) is 1.81. The summed E-state index contributed by atoms with van der Waals surface area (Å²) in [5, 5.41) is 23.7. The third-order valence-corrected chi connectivity index (χ3v) is 3.87. The molecule has 132 valence electrons. The highest BCUT2D eigenvalue weighted by atomic mass is 16.5. The SMILES string of the molecule is Cn1ncc2ccc(C#Cc3cccc(Oc4[nH]nnc4C(=O)O)c3)cc21. The van der Waals surface area contributed by atoms with E-state index in [4.69, 9.17) is 9.84 Å². The predicted octanol–water partition coefficient (Wildman–Crippen LogP) is 2.58. The Kier molecular flexibility index (Phi) is 4.03. The van der Waals surface area contributed by atoms with Crippen LogP contribution >= 0.6 is 0 Å². The number of nitrogens with zero attached hydrogens (tertiary/aromatic N) is 4. The summed E-state index contributed by atoms with van der Waals surface area (Å²) in [7, 11) is 1.88. The van der Waals surface area contributed by atoms with Gasteiger partial charge in [-0.2, -0.15) is 5.10 Å². The first kappa shape index (κ1) is 16.4. The Morgan fingerprint density at radius 3 is 2.81 bits per heavy atom. The second-order valence-corrected chi connectivity index (χ2v) is 5.72. The average Bonchev–Trinajstić information content (AvgIpc) is 3.27. The number of carboxylic acids is 1. The zero-order valence-electron chi connectivity index (χ0n) is 14.2. The molecule has 2 aromatic carbocycles. The molecule has 0 aliphatic heterocycles. The third kappa shape index (κ3) is 3.34. The van der Waals surface area contributed by atoms with Gasteiger partial charge in [-0.05, 0) is 36.4 Å². The summed E-state index contributed by atoms with van der Waals surface area (Å²) in [6, 6.07) is 12.9. The zero-order chi connectivity index (χ0) is 18.8. The number of aromatic carboxylic acids is 1. The highest BCUT2D eigenvalue weighted by Crippen LogP contribution is 2.22. The van der Waals surface area contributed by atoms with Crippen molar-refractivity contribution in [2.75, 3.05) is 0 Å². The second kappa shape index (κ2) is 6.65. The number of rotatable bonds is 3. The van der Waals surface area contributed by atoms with E-state index in [-0.39, 0.29) is 11.6 Å². The quantitative estimate of drug-likeness (QED) is 0.545. The van der Waals surface area contributed by atoms with Gasteiger partial charge in [0.05, 0.1) is 11.7 Å². The van der Waals surface area contributed by atoms with Gasteiger partial charge in [0, 0.05) is 23.6 Å². The first-order valence-corrected chi connectivity index (χ1v) is 7.96. The van der Waals surface area contributed by atoms with E-state index < -0.39 is 5.97 Å². The molecular formula is C19H13N5O3. The van der Waals surface area contributed by atoms with E-state index in [0.29, 0.717) is 5.75 Å². The minimum Gasteiger partial charge on any atom is -0.476 e. The molecule has 0 unspecified atom stereocenters. The molecule has 0 aliphatic carbocycles. The van der Waals surface area contributed by atoms with Crippen LogP contribution in [0.2, 0.25) is 0 Å². The van der Waals surface area contributed by atoms with Crippen molar-refractivity contribution >= 4 is 16.9 Å². The lowest BCUT2D eigenvalue weighted by atomic mass is 10.1. The Balaban J connectivity index is 1.59. The summed E-state index contributed by atoms with van der Waals surface area (Å²) < 4.78 is 7.32. The molecule has 0 bridgehead atoms. The van der Waals surface area contributed by atoms with Gasteiger partial charge in [0.2, 0.25) is 5.69 Å². The van der Waals surface area contributed by atoms with E-state index in [0.717, 1.165) is 22.0 Å². The normalized spacial score (nSPS) is 10.4. The summed E-state index contributed by atoms with van der Waals surface area (Å²) in [5.74, 6) is 5.36. The highest BCUT2D eigenvalue weighted by Gasteiger charge is 2.16. The highest BCUT2D eigenvalue weighted by molar-refractivity contribution is 5.87. The van der Waals surface area contributed by atoms with Gasteiger partial charge in [-0.15, -0.1) is 5.10 Å². The standard InChI is InChI=1S/C19H13N5O3/c1-24-16-10-13(7-8-14(16)11-20-24)6-5-12-3-2-4-15(9-12)27-18-17(19(25)26)21-23-22-18/h2-4,7-11H,1H3,(H,25,26)(H,21,22,23). The van der Waals surface area contributed by atoms with Crippen molar-refractivity contribution in [3.63, 3.8) is 0 Å². The summed E-state index contributed by atoms with van der Waals surface area (Å²) in [5.41, 5.74) is 2.31. The number of hydrogen-bond donors (Lipinski definition) is 2. The van der Waals surface area contributed by atoms with Gasteiger partial charge in [-0.1, -0.05) is 23.1 Å². The van der Waals surface area contributed by atoms with Crippen LogP contribution in [0.5, 0.6) is 11.6 Å². The minimum atomic E-state index is -1.22. The average molecular weight is 359 g/mol. The maximum atomic E-state index is 11.1. The fourth-order valence-electron chi connectivity index (χ4n) is 2.55. The van der Waals surface area contributed by atoms with Crippen molar-refractivity contribution < 1.29 is 14.6 Å². The maximum absolute atomic E-state index is 11.1. The largest absolute Gasteiger partial charge is 0.476 e. The lowest BCUT2D eigenvalue weighted by molar-refractivity contribution is 0.0687. The van der Waals surface area contributed by atoms with Gasteiger partial charge >= 0.3 is 5.97 Å². The van der Waals surface area contributed by atoms with Crippen LogP contribution in [0.4, 0.5) is 0 Å². The van der Waals surface area contributed by atoms with Gasteiger partial charge in [-0.3, -0.25) is 4.68 Å². The number of aromatic amines is 1. The number of aryl methyl sites for hydroxylation is 1. The Morgan fingerprint density at radius 2 is 2.00 bits per heavy atom. The van der Waals surface area contributed by atoms with Crippen molar-refractivity contribution in [2.45, 2.75) is 0 Å². The van der Waals surface area contributed by atoms with Crippen LogP contribution < -0.4 is 4.74 Å². The lowest BCUT2D eigenvalue weighted by Gasteiger charge is -2.03. The number of benzene rings is 2. The number of aromatic nitrogens is 5. The second-order valence-electron chi connectivity index (χ2n) is 5.72. The number of carbonyl (C=O) groups is 1. The van der Waals surface area contributed by atoms with Crippen molar-refractivity contribution in [3.05, 3.63) is 65.5 Å². The van der Waals surface area contributed by atoms with Crippen LogP contribution in [0.1, 0.15) is 21.6 Å². The Labute approximate surface area is 153 Å². The predicted molar refractivity (Wildman–Crippen MR) is 96.6 cm³/mol. The number of nitrogens with one attached hydrogen (secondary N) is 1. The van der Waals surface area contributed by atoms with E-state index in [1.54, 1.807) is 22.9 Å². The van der Waals surface area contributed by atoms with Gasteiger partial charge in [0.25, 0.3) is 5.88 Å². The molecule has 0 saturated carbocycles. The van der Waals surface area contributed by atoms with Crippen molar-refractivity contribution in [1.82, 2.24) is 25.2 Å². The number of H-pyrrole nitrogens is 1. The maximum Gasteiger partial charge on any atom is 0.362 e. The topological polar surface area (TPSA) is 106 Å². The fraction of sp³-hybridized carbons (Fsp3) is 0.0526. The molecule has 0 saturated heterocycles. The Hall–Kier alpha value is -4.12. The lowest BCUT2D eigenvalue weighted by Crippen LogP contribution is -1.99. The fourth-order valence-corrected chi connectivity index (χ4v) is 2.55. The molecule has 0 spiro atoms. The van der Waals surface area contributed by atoms with E-state index >= 15 is 0 Å². The van der Waals surface area contributed by atoms with Gasteiger partial charge in [0.15, 0.2) is 0 Å². The molecule has 2 heterocycles. The molecule has 0 aliphatic rings. The Morgan fingerprint density at radius 1 is 1.19 bits per heavy atom. The molecule has 0 radical (unpaired) electrons. The zero-order valence-corrected chi connectivity index (χ0v) is 14.2. The number of ether oxygens (including phenoxy) is 1. The van der Waals surface area contributed by atoms with Gasteiger partial charge < -0.3 is 9.84 Å². The number of carboxylic acid groups (broad SMARTS) is 1. The van der Waals surface area contributed by atoms with Gasteiger partial charge in [-0.25, -0.2) is 9.89 Å². The van der Waals surface area contributed by atoms with Crippen molar-refractivity contribution in [1.29, 1.82) is 0 Å². The van der Waals surface area contributed by atoms with E-state index in [9.17, 15) is 4.79 Å². The first-order valence-electron chi connectivity index (χ1n) is 7.96. The molecule has 8 heteroatoms. The molecule has 0 fully saturated rings.